The second-order valence-corrected chi connectivity index (χ2v) is 6.27. The highest BCUT2D eigenvalue weighted by molar-refractivity contribution is 5.96. The van der Waals surface area contributed by atoms with Gasteiger partial charge in [0, 0.05) is 39.3 Å². The number of hydrogen-bond donors (Lipinski definition) is 2. The predicted octanol–water partition coefficient (Wildman–Crippen LogP) is 1.22. The van der Waals surface area contributed by atoms with Crippen LogP contribution in [0.2, 0.25) is 0 Å². The highest BCUT2D eigenvalue weighted by atomic mass is 16.5. The standard InChI is InChI=1S/C18H28N4O3/c1-13(15-6-5-7-16(12-15)25-4)21-8-10-22(11-9-21)14(2)17(23)20-18(24)19-3/h5-7,12-14H,8-11H2,1-4H3,(H2,19,20,23,24). The fourth-order valence-electron chi connectivity index (χ4n) is 3.07. The van der Waals surface area contributed by atoms with E-state index in [1.807, 2.05) is 19.1 Å². The largest absolute Gasteiger partial charge is 0.497 e. The summed E-state index contributed by atoms with van der Waals surface area (Å²) in [6.45, 7) is 7.34. The van der Waals surface area contributed by atoms with E-state index >= 15 is 0 Å². The first-order valence-electron chi connectivity index (χ1n) is 8.61. The van der Waals surface area contributed by atoms with Crippen LogP contribution < -0.4 is 15.4 Å². The highest BCUT2D eigenvalue weighted by Crippen LogP contribution is 2.25. The second-order valence-electron chi connectivity index (χ2n) is 6.27. The summed E-state index contributed by atoms with van der Waals surface area (Å²) in [5.74, 6) is 0.594. The smallest absolute Gasteiger partial charge is 0.321 e. The monoisotopic (exact) mass is 348 g/mol. The third kappa shape index (κ3) is 4.93. The van der Waals surface area contributed by atoms with Crippen molar-refractivity contribution < 1.29 is 14.3 Å². The molecule has 0 bridgehead atoms. The maximum Gasteiger partial charge on any atom is 0.321 e. The minimum absolute atomic E-state index is 0.270. The first-order valence-corrected chi connectivity index (χ1v) is 8.61. The van der Waals surface area contributed by atoms with Gasteiger partial charge in [0.15, 0.2) is 0 Å². The van der Waals surface area contributed by atoms with Crippen molar-refractivity contribution in [1.82, 2.24) is 20.4 Å². The summed E-state index contributed by atoms with van der Waals surface area (Å²) in [6, 6.07) is 7.61. The van der Waals surface area contributed by atoms with Crippen LogP contribution in [0.15, 0.2) is 24.3 Å². The van der Waals surface area contributed by atoms with Crippen LogP contribution in [-0.2, 0) is 4.79 Å². The molecule has 2 N–H and O–H groups in total. The Balaban J connectivity index is 1.90. The van der Waals surface area contributed by atoms with Gasteiger partial charge in [0.25, 0.3) is 0 Å². The molecule has 2 rings (SSSR count). The summed E-state index contributed by atoms with van der Waals surface area (Å²) < 4.78 is 5.30. The summed E-state index contributed by atoms with van der Waals surface area (Å²) in [5.41, 5.74) is 1.22. The number of rotatable bonds is 5. The van der Waals surface area contributed by atoms with Gasteiger partial charge in [-0.2, -0.15) is 0 Å². The zero-order chi connectivity index (χ0) is 18.4. The number of ether oxygens (including phenoxy) is 1. The molecule has 1 fully saturated rings. The molecule has 0 spiro atoms. The Bertz CT molecular complexity index is 600. The number of piperazine rings is 1. The zero-order valence-corrected chi connectivity index (χ0v) is 15.4. The van der Waals surface area contributed by atoms with Gasteiger partial charge in [-0.1, -0.05) is 12.1 Å². The number of nitrogens with zero attached hydrogens (tertiary/aromatic N) is 2. The van der Waals surface area contributed by atoms with Crippen molar-refractivity contribution in [2.75, 3.05) is 40.3 Å². The number of methoxy groups -OCH3 is 1. The molecule has 3 amide bonds. The molecule has 0 aliphatic carbocycles. The second kappa shape index (κ2) is 8.82. The summed E-state index contributed by atoms with van der Waals surface area (Å²) in [5, 5.41) is 4.74. The van der Waals surface area contributed by atoms with Gasteiger partial charge in [-0.25, -0.2) is 4.79 Å². The molecule has 1 aliphatic heterocycles. The number of carbonyl (C=O) groups is 2. The lowest BCUT2D eigenvalue weighted by atomic mass is 10.1. The van der Waals surface area contributed by atoms with Crippen molar-refractivity contribution in [2.45, 2.75) is 25.9 Å². The fourth-order valence-corrected chi connectivity index (χ4v) is 3.07. The Morgan fingerprint density at radius 3 is 2.36 bits per heavy atom. The zero-order valence-electron chi connectivity index (χ0n) is 15.4. The molecule has 1 saturated heterocycles. The highest BCUT2D eigenvalue weighted by Gasteiger charge is 2.28. The summed E-state index contributed by atoms with van der Waals surface area (Å²) in [4.78, 5) is 27.9. The lowest BCUT2D eigenvalue weighted by Gasteiger charge is -2.40. The van der Waals surface area contributed by atoms with E-state index in [1.54, 1.807) is 7.11 Å². The summed E-state index contributed by atoms with van der Waals surface area (Å²) in [7, 11) is 3.17. The molecule has 1 aliphatic rings. The van der Waals surface area contributed by atoms with Gasteiger partial charge in [-0.05, 0) is 31.5 Å². The van der Waals surface area contributed by atoms with Crippen molar-refractivity contribution in [2.24, 2.45) is 0 Å². The Hall–Kier alpha value is -2.12. The molecule has 0 radical (unpaired) electrons. The van der Waals surface area contributed by atoms with E-state index in [0.29, 0.717) is 0 Å². The van der Waals surface area contributed by atoms with Crippen LogP contribution in [0.4, 0.5) is 4.79 Å². The topological polar surface area (TPSA) is 73.9 Å². The molecule has 0 saturated carbocycles. The van der Waals surface area contributed by atoms with Gasteiger partial charge >= 0.3 is 6.03 Å². The lowest BCUT2D eigenvalue weighted by Crippen LogP contribution is -2.55. The van der Waals surface area contributed by atoms with Crippen LogP contribution in [0.5, 0.6) is 5.75 Å². The van der Waals surface area contributed by atoms with Crippen LogP contribution in [0.25, 0.3) is 0 Å². The van der Waals surface area contributed by atoms with E-state index in [-0.39, 0.29) is 18.0 Å². The van der Waals surface area contributed by atoms with Crippen LogP contribution in [0, 0.1) is 0 Å². The molecule has 2 atom stereocenters. The number of nitrogens with one attached hydrogen (secondary N) is 2. The van der Waals surface area contributed by atoms with Crippen LogP contribution in [0.3, 0.4) is 0 Å². The quantitative estimate of drug-likeness (QED) is 0.837. The first kappa shape index (κ1) is 19.2. The molecule has 2 unspecified atom stereocenters. The van der Waals surface area contributed by atoms with E-state index in [2.05, 4.69) is 39.5 Å². The minimum atomic E-state index is -0.470. The van der Waals surface area contributed by atoms with E-state index in [4.69, 9.17) is 4.74 Å². The third-order valence-corrected chi connectivity index (χ3v) is 4.86. The number of amides is 3. The van der Waals surface area contributed by atoms with E-state index in [0.717, 1.165) is 31.9 Å². The van der Waals surface area contributed by atoms with Gasteiger partial charge in [0.1, 0.15) is 5.75 Å². The maximum atomic E-state index is 12.1. The van der Waals surface area contributed by atoms with E-state index in [1.165, 1.54) is 12.6 Å². The van der Waals surface area contributed by atoms with Crippen LogP contribution >= 0.6 is 0 Å². The minimum Gasteiger partial charge on any atom is -0.497 e. The number of hydrogen-bond acceptors (Lipinski definition) is 5. The van der Waals surface area contributed by atoms with Crippen LogP contribution in [0.1, 0.15) is 25.5 Å². The Morgan fingerprint density at radius 2 is 1.76 bits per heavy atom. The van der Waals surface area contributed by atoms with Crippen LogP contribution in [-0.4, -0.2) is 68.1 Å². The van der Waals surface area contributed by atoms with E-state index < -0.39 is 6.03 Å². The molecule has 7 nitrogen and oxygen atoms in total. The average molecular weight is 348 g/mol. The van der Waals surface area contributed by atoms with Gasteiger partial charge in [-0.3, -0.25) is 19.9 Å². The Labute approximate surface area is 149 Å². The number of urea groups is 1. The molecular weight excluding hydrogens is 320 g/mol. The van der Waals surface area contributed by atoms with Crippen molar-refractivity contribution in [3.8, 4) is 5.75 Å². The SMILES string of the molecule is CNC(=O)NC(=O)C(C)N1CCN(C(C)c2cccc(OC)c2)CC1. The van der Waals surface area contributed by atoms with E-state index in [9.17, 15) is 9.59 Å². The van der Waals surface area contributed by atoms with Crippen molar-refractivity contribution >= 4 is 11.9 Å². The fraction of sp³-hybridized carbons (Fsp3) is 0.556. The molecule has 138 valence electrons. The Kier molecular flexibility index (Phi) is 6.78. The number of imide groups is 1. The molecule has 1 aromatic carbocycles. The molecule has 7 heteroatoms. The van der Waals surface area contributed by atoms with Gasteiger partial charge < -0.3 is 10.1 Å². The predicted molar refractivity (Wildman–Crippen MR) is 96.6 cm³/mol. The molecule has 1 aromatic rings. The summed E-state index contributed by atoms with van der Waals surface area (Å²) in [6.07, 6.45) is 0. The molecule has 25 heavy (non-hydrogen) atoms. The maximum absolute atomic E-state index is 12.1. The van der Waals surface area contributed by atoms with Crippen molar-refractivity contribution in [1.29, 1.82) is 0 Å². The van der Waals surface area contributed by atoms with Crippen molar-refractivity contribution in [3.05, 3.63) is 29.8 Å². The van der Waals surface area contributed by atoms with Crippen molar-refractivity contribution in [3.63, 3.8) is 0 Å². The Morgan fingerprint density at radius 1 is 1.12 bits per heavy atom. The molecular formula is C18H28N4O3. The van der Waals surface area contributed by atoms with Gasteiger partial charge in [0.2, 0.25) is 5.91 Å². The molecule has 1 heterocycles. The normalized spacial score (nSPS) is 18.2. The third-order valence-electron chi connectivity index (χ3n) is 4.86. The lowest BCUT2D eigenvalue weighted by molar-refractivity contribution is -0.125. The summed E-state index contributed by atoms with van der Waals surface area (Å²) >= 11 is 0. The van der Waals surface area contributed by atoms with Gasteiger partial charge in [-0.15, -0.1) is 0 Å². The first-order chi connectivity index (χ1) is 12.0. The number of benzene rings is 1. The molecule has 0 aromatic heterocycles. The average Bonchev–Trinajstić information content (AvgIpc) is 2.66. The number of carbonyl (C=O) groups excluding carboxylic acids is 2. The van der Waals surface area contributed by atoms with Gasteiger partial charge in [0.05, 0.1) is 13.2 Å².